The molecular weight excluding hydrogens is 272 g/mol. The normalized spacial score (nSPS) is 10.8. The highest BCUT2D eigenvalue weighted by atomic mass is 79.9. The lowest BCUT2D eigenvalue weighted by Crippen LogP contribution is -2.20. The van der Waals surface area contributed by atoms with Gasteiger partial charge in [-0.25, -0.2) is 0 Å². The van der Waals surface area contributed by atoms with Crippen molar-refractivity contribution in [2.75, 3.05) is 7.11 Å². The number of aromatic nitrogens is 2. The van der Waals surface area contributed by atoms with Crippen LogP contribution >= 0.6 is 15.9 Å². The standard InChI is InChI=1S/C11H11BrN2O2/c1-6-4-7-9(8(12)5-6)13-11(16-3)14(2)10(7)15/h4-5H,1-3H3. The van der Waals surface area contributed by atoms with Crippen LogP contribution in [0.3, 0.4) is 0 Å². The molecule has 0 fully saturated rings. The molecule has 0 saturated carbocycles. The van der Waals surface area contributed by atoms with E-state index in [2.05, 4.69) is 20.9 Å². The third-order valence-corrected chi connectivity index (χ3v) is 3.02. The van der Waals surface area contributed by atoms with Gasteiger partial charge in [-0.1, -0.05) is 0 Å². The summed E-state index contributed by atoms with van der Waals surface area (Å²) in [6.45, 7) is 1.94. The monoisotopic (exact) mass is 282 g/mol. The molecule has 16 heavy (non-hydrogen) atoms. The number of methoxy groups -OCH3 is 1. The highest BCUT2D eigenvalue weighted by Crippen LogP contribution is 2.23. The first kappa shape index (κ1) is 11.1. The molecule has 1 aromatic heterocycles. The molecule has 4 nitrogen and oxygen atoms in total. The number of aryl methyl sites for hydroxylation is 1. The predicted octanol–water partition coefficient (Wildman–Crippen LogP) is 2.01. The SMILES string of the molecule is COc1nc2c(Br)cc(C)cc2c(=O)n1C. The second-order valence-electron chi connectivity index (χ2n) is 3.61. The summed E-state index contributed by atoms with van der Waals surface area (Å²) < 4.78 is 7.25. The van der Waals surface area contributed by atoms with Crippen LogP contribution in [0.1, 0.15) is 5.56 Å². The maximum Gasteiger partial charge on any atom is 0.299 e. The van der Waals surface area contributed by atoms with E-state index in [1.165, 1.54) is 11.7 Å². The third kappa shape index (κ3) is 1.61. The summed E-state index contributed by atoms with van der Waals surface area (Å²) in [4.78, 5) is 16.3. The van der Waals surface area contributed by atoms with E-state index in [4.69, 9.17) is 4.74 Å². The average Bonchev–Trinajstić information content (AvgIpc) is 2.24. The van der Waals surface area contributed by atoms with Gasteiger partial charge in [-0.3, -0.25) is 9.36 Å². The lowest BCUT2D eigenvalue weighted by molar-refractivity contribution is 0.359. The molecule has 0 radical (unpaired) electrons. The Morgan fingerprint density at radius 1 is 1.44 bits per heavy atom. The second-order valence-corrected chi connectivity index (χ2v) is 4.46. The van der Waals surface area contributed by atoms with Crippen LogP contribution in [0, 0.1) is 6.92 Å². The lowest BCUT2D eigenvalue weighted by Gasteiger charge is -2.08. The van der Waals surface area contributed by atoms with Gasteiger partial charge in [0.1, 0.15) is 0 Å². The van der Waals surface area contributed by atoms with E-state index in [-0.39, 0.29) is 5.56 Å². The van der Waals surface area contributed by atoms with Crippen molar-refractivity contribution in [2.24, 2.45) is 7.05 Å². The van der Waals surface area contributed by atoms with E-state index < -0.39 is 0 Å². The van der Waals surface area contributed by atoms with Gasteiger partial charge < -0.3 is 4.74 Å². The summed E-state index contributed by atoms with van der Waals surface area (Å²) in [6, 6.07) is 4.06. The van der Waals surface area contributed by atoms with E-state index in [0.717, 1.165) is 10.0 Å². The second kappa shape index (κ2) is 3.90. The van der Waals surface area contributed by atoms with Gasteiger partial charge in [0.05, 0.1) is 18.0 Å². The molecule has 1 aromatic carbocycles. The van der Waals surface area contributed by atoms with Crippen molar-refractivity contribution < 1.29 is 4.74 Å². The largest absolute Gasteiger partial charge is 0.468 e. The minimum Gasteiger partial charge on any atom is -0.468 e. The fourth-order valence-electron chi connectivity index (χ4n) is 1.63. The molecule has 0 atom stereocenters. The van der Waals surface area contributed by atoms with Gasteiger partial charge in [0.2, 0.25) is 0 Å². The highest BCUT2D eigenvalue weighted by molar-refractivity contribution is 9.10. The summed E-state index contributed by atoms with van der Waals surface area (Å²) in [5, 5.41) is 0.593. The summed E-state index contributed by atoms with van der Waals surface area (Å²) in [7, 11) is 3.14. The van der Waals surface area contributed by atoms with Gasteiger partial charge >= 0.3 is 0 Å². The molecule has 0 amide bonds. The smallest absolute Gasteiger partial charge is 0.299 e. The van der Waals surface area contributed by atoms with Crippen LogP contribution in [-0.4, -0.2) is 16.7 Å². The van der Waals surface area contributed by atoms with Crippen LogP contribution < -0.4 is 10.3 Å². The van der Waals surface area contributed by atoms with E-state index in [9.17, 15) is 4.79 Å². The van der Waals surface area contributed by atoms with Crippen LogP contribution in [-0.2, 0) is 7.05 Å². The molecule has 0 saturated heterocycles. The van der Waals surface area contributed by atoms with Gasteiger partial charge in [-0.05, 0) is 40.5 Å². The maximum atomic E-state index is 12.0. The van der Waals surface area contributed by atoms with Crippen LogP contribution in [0.25, 0.3) is 10.9 Å². The minimum atomic E-state index is -0.105. The molecule has 5 heteroatoms. The molecule has 0 bridgehead atoms. The number of rotatable bonds is 1. The van der Waals surface area contributed by atoms with Crippen molar-refractivity contribution in [3.8, 4) is 6.01 Å². The van der Waals surface area contributed by atoms with E-state index in [0.29, 0.717) is 16.9 Å². The number of ether oxygens (including phenoxy) is 1. The van der Waals surface area contributed by atoms with Crippen molar-refractivity contribution in [3.05, 3.63) is 32.5 Å². The number of benzene rings is 1. The quantitative estimate of drug-likeness (QED) is 0.804. The Morgan fingerprint density at radius 2 is 2.12 bits per heavy atom. The Kier molecular flexibility index (Phi) is 2.71. The first-order valence-electron chi connectivity index (χ1n) is 4.75. The van der Waals surface area contributed by atoms with Crippen molar-refractivity contribution in [2.45, 2.75) is 6.92 Å². The van der Waals surface area contributed by atoms with Gasteiger partial charge in [0.25, 0.3) is 11.6 Å². The van der Waals surface area contributed by atoms with E-state index in [1.807, 2.05) is 19.1 Å². The lowest BCUT2D eigenvalue weighted by atomic mass is 10.2. The van der Waals surface area contributed by atoms with Crippen LogP contribution in [0.15, 0.2) is 21.4 Å². The Morgan fingerprint density at radius 3 is 2.75 bits per heavy atom. The minimum absolute atomic E-state index is 0.105. The molecule has 0 spiro atoms. The number of hydrogen-bond donors (Lipinski definition) is 0. The van der Waals surface area contributed by atoms with Crippen LogP contribution in [0.2, 0.25) is 0 Å². The Bertz CT molecular complexity index is 619. The summed E-state index contributed by atoms with van der Waals surface area (Å²) in [5.74, 6) is 0. The van der Waals surface area contributed by atoms with Gasteiger partial charge in [0, 0.05) is 11.5 Å². The molecule has 0 unspecified atom stereocenters. The zero-order valence-corrected chi connectivity index (χ0v) is 10.8. The van der Waals surface area contributed by atoms with E-state index >= 15 is 0 Å². The molecule has 0 aliphatic rings. The van der Waals surface area contributed by atoms with Gasteiger partial charge in [-0.2, -0.15) is 4.98 Å². The predicted molar refractivity (Wildman–Crippen MR) is 66.0 cm³/mol. The summed E-state index contributed by atoms with van der Waals surface area (Å²) >= 11 is 3.40. The fourth-order valence-corrected chi connectivity index (χ4v) is 2.30. The van der Waals surface area contributed by atoms with Gasteiger partial charge in [0.15, 0.2) is 0 Å². The average molecular weight is 283 g/mol. The number of nitrogens with zero attached hydrogens (tertiary/aromatic N) is 2. The number of hydrogen-bond acceptors (Lipinski definition) is 3. The molecular formula is C11H11BrN2O2. The zero-order chi connectivity index (χ0) is 11.9. The van der Waals surface area contributed by atoms with Gasteiger partial charge in [-0.15, -0.1) is 0 Å². The number of fused-ring (bicyclic) bond motifs is 1. The third-order valence-electron chi connectivity index (χ3n) is 2.42. The first-order chi connectivity index (χ1) is 7.54. The Labute approximate surface area is 101 Å². The molecule has 1 heterocycles. The molecule has 2 aromatic rings. The van der Waals surface area contributed by atoms with Crippen molar-refractivity contribution in [1.82, 2.24) is 9.55 Å². The highest BCUT2D eigenvalue weighted by Gasteiger charge is 2.11. The topological polar surface area (TPSA) is 44.1 Å². The summed E-state index contributed by atoms with van der Waals surface area (Å²) in [6.07, 6.45) is 0. The van der Waals surface area contributed by atoms with Crippen molar-refractivity contribution in [1.29, 1.82) is 0 Å². The maximum absolute atomic E-state index is 12.0. The van der Waals surface area contributed by atoms with Crippen LogP contribution in [0.5, 0.6) is 6.01 Å². The molecule has 0 aliphatic heterocycles. The molecule has 0 aliphatic carbocycles. The van der Waals surface area contributed by atoms with Crippen LogP contribution in [0.4, 0.5) is 0 Å². The van der Waals surface area contributed by atoms with Crippen molar-refractivity contribution >= 4 is 26.8 Å². The molecule has 2 rings (SSSR count). The Balaban J connectivity index is 2.99. The van der Waals surface area contributed by atoms with E-state index in [1.54, 1.807) is 7.05 Å². The number of halogens is 1. The molecule has 0 N–H and O–H groups in total. The Hall–Kier alpha value is -1.36. The fraction of sp³-hybridized carbons (Fsp3) is 0.273. The first-order valence-corrected chi connectivity index (χ1v) is 5.54. The van der Waals surface area contributed by atoms with Crippen molar-refractivity contribution in [3.63, 3.8) is 0 Å². The zero-order valence-electron chi connectivity index (χ0n) is 9.24. The summed E-state index contributed by atoms with van der Waals surface area (Å²) in [5.41, 5.74) is 1.54. The molecule has 84 valence electrons.